The molecule has 0 aliphatic carbocycles. The second kappa shape index (κ2) is 6.16. The van der Waals surface area contributed by atoms with Crippen LogP contribution in [0, 0.1) is 5.92 Å². The molecule has 1 fully saturated rings. The first-order valence-electron chi connectivity index (χ1n) is 8.00. The van der Waals surface area contributed by atoms with E-state index in [1.165, 1.54) is 6.07 Å². The van der Waals surface area contributed by atoms with Gasteiger partial charge in [-0.15, -0.1) is 0 Å². The van der Waals surface area contributed by atoms with Crippen molar-refractivity contribution in [2.45, 2.75) is 19.4 Å². The molecule has 23 heavy (non-hydrogen) atoms. The first-order chi connectivity index (χ1) is 11.0. The molecule has 0 saturated carbocycles. The van der Waals surface area contributed by atoms with E-state index >= 15 is 0 Å². The van der Waals surface area contributed by atoms with Crippen molar-refractivity contribution in [3.8, 4) is 0 Å². The molecule has 5 nitrogen and oxygen atoms in total. The number of fused-ring (bicyclic) bond motifs is 1. The largest absolute Gasteiger partial charge is 0.451 e. The summed E-state index contributed by atoms with van der Waals surface area (Å²) in [5, 5.41) is 0.503. The van der Waals surface area contributed by atoms with Gasteiger partial charge in [-0.25, -0.2) is 0 Å². The van der Waals surface area contributed by atoms with Gasteiger partial charge < -0.3 is 14.2 Å². The first kappa shape index (κ1) is 15.7. The van der Waals surface area contributed by atoms with E-state index in [2.05, 4.69) is 11.8 Å². The Kier molecular flexibility index (Phi) is 4.22. The monoisotopic (exact) mass is 314 g/mol. The summed E-state index contributed by atoms with van der Waals surface area (Å²) in [5.41, 5.74) is 0.282. The van der Waals surface area contributed by atoms with Crippen LogP contribution in [0.4, 0.5) is 0 Å². The number of carbonyl (C=O) groups is 1. The summed E-state index contributed by atoms with van der Waals surface area (Å²) in [6, 6.07) is 8.67. The average Bonchev–Trinajstić information content (AvgIpc) is 2.98. The molecule has 0 spiro atoms. The number of carbonyl (C=O) groups excluding carboxylic acids is 1. The van der Waals surface area contributed by atoms with E-state index in [9.17, 15) is 9.59 Å². The van der Waals surface area contributed by atoms with E-state index in [1.54, 1.807) is 29.2 Å². The van der Waals surface area contributed by atoms with Gasteiger partial charge in [-0.05, 0) is 32.1 Å². The lowest BCUT2D eigenvalue weighted by atomic mass is 10.0. The Morgan fingerprint density at radius 1 is 1.30 bits per heavy atom. The molecule has 5 heteroatoms. The fourth-order valence-corrected chi connectivity index (χ4v) is 3.37. The number of nitrogens with zero attached hydrogens (tertiary/aromatic N) is 2. The van der Waals surface area contributed by atoms with E-state index < -0.39 is 0 Å². The maximum absolute atomic E-state index is 12.7. The van der Waals surface area contributed by atoms with Gasteiger partial charge >= 0.3 is 0 Å². The second-order valence-electron chi connectivity index (χ2n) is 6.38. The molecule has 0 bridgehead atoms. The molecule has 1 amide bonds. The summed E-state index contributed by atoms with van der Waals surface area (Å²) in [5.74, 6) is 0.375. The lowest BCUT2D eigenvalue weighted by Gasteiger charge is -2.23. The van der Waals surface area contributed by atoms with Crippen LogP contribution in [0.1, 0.15) is 23.9 Å². The van der Waals surface area contributed by atoms with Crippen molar-refractivity contribution >= 4 is 16.9 Å². The Hall–Kier alpha value is -2.14. The average molecular weight is 314 g/mol. The number of benzene rings is 1. The highest BCUT2D eigenvalue weighted by Gasteiger charge is 2.36. The van der Waals surface area contributed by atoms with Gasteiger partial charge in [-0.1, -0.05) is 25.5 Å². The predicted octanol–water partition coefficient (Wildman–Crippen LogP) is 2.21. The molecule has 0 N–H and O–H groups in total. The van der Waals surface area contributed by atoms with Gasteiger partial charge in [0.05, 0.1) is 5.39 Å². The van der Waals surface area contributed by atoms with Crippen molar-refractivity contribution < 1.29 is 9.21 Å². The molecule has 2 atom stereocenters. The number of hydrogen-bond acceptors (Lipinski definition) is 4. The third-order valence-corrected chi connectivity index (χ3v) is 4.73. The lowest BCUT2D eigenvalue weighted by molar-refractivity contribution is 0.0750. The van der Waals surface area contributed by atoms with Crippen molar-refractivity contribution in [1.82, 2.24) is 9.80 Å². The van der Waals surface area contributed by atoms with Gasteiger partial charge in [0.2, 0.25) is 0 Å². The van der Waals surface area contributed by atoms with Gasteiger partial charge in [0.15, 0.2) is 11.2 Å². The molecule has 2 aromatic rings. The van der Waals surface area contributed by atoms with Crippen molar-refractivity contribution in [2.24, 2.45) is 5.92 Å². The van der Waals surface area contributed by atoms with Gasteiger partial charge in [-0.3, -0.25) is 9.59 Å². The Bertz CT molecular complexity index is 781. The molecule has 3 rings (SSSR count). The molecule has 1 aromatic heterocycles. The highest BCUT2D eigenvalue weighted by atomic mass is 16.3. The minimum atomic E-state index is -0.198. The summed E-state index contributed by atoms with van der Waals surface area (Å²) in [7, 11) is 4.08. The third kappa shape index (κ3) is 2.88. The van der Waals surface area contributed by atoms with Crippen LogP contribution < -0.4 is 5.43 Å². The van der Waals surface area contributed by atoms with Crippen molar-refractivity contribution in [1.29, 1.82) is 0 Å². The second-order valence-corrected chi connectivity index (χ2v) is 6.38. The molecular weight excluding hydrogens is 292 g/mol. The van der Waals surface area contributed by atoms with E-state index in [1.807, 2.05) is 14.1 Å². The van der Waals surface area contributed by atoms with Crippen molar-refractivity contribution in [3.05, 3.63) is 46.3 Å². The van der Waals surface area contributed by atoms with Crippen LogP contribution >= 0.6 is 0 Å². The summed E-state index contributed by atoms with van der Waals surface area (Å²) >= 11 is 0. The summed E-state index contributed by atoms with van der Waals surface area (Å²) < 4.78 is 5.68. The van der Waals surface area contributed by atoms with E-state index in [0.717, 1.165) is 6.42 Å². The summed E-state index contributed by atoms with van der Waals surface area (Å²) in [6.07, 6.45) is 1.02. The minimum absolute atomic E-state index is 0.128. The zero-order valence-electron chi connectivity index (χ0n) is 13.8. The number of likely N-dealkylation sites (N-methyl/N-ethyl adjacent to an activating group) is 1. The topological polar surface area (TPSA) is 53.8 Å². The van der Waals surface area contributed by atoms with Gasteiger partial charge in [0, 0.05) is 25.2 Å². The van der Waals surface area contributed by atoms with Gasteiger partial charge in [0.1, 0.15) is 5.58 Å². The molecule has 1 saturated heterocycles. The highest BCUT2D eigenvalue weighted by molar-refractivity contribution is 5.93. The maximum atomic E-state index is 12.7. The van der Waals surface area contributed by atoms with Crippen LogP contribution in [0.5, 0.6) is 0 Å². The van der Waals surface area contributed by atoms with Crippen LogP contribution in [0.25, 0.3) is 11.0 Å². The summed E-state index contributed by atoms with van der Waals surface area (Å²) in [6.45, 7) is 3.51. The van der Waals surface area contributed by atoms with E-state index in [0.29, 0.717) is 36.0 Å². The predicted molar refractivity (Wildman–Crippen MR) is 89.6 cm³/mol. The van der Waals surface area contributed by atoms with Crippen molar-refractivity contribution in [2.75, 3.05) is 27.2 Å². The zero-order chi connectivity index (χ0) is 16.6. The fraction of sp³-hybridized carbons (Fsp3) is 0.444. The Balaban J connectivity index is 1.91. The Morgan fingerprint density at radius 3 is 2.70 bits per heavy atom. The third-order valence-electron chi connectivity index (χ3n) is 4.73. The maximum Gasteiger partial charge on any atom is 0.289 e. The van der Waals surface area contributed by atoms with E-state index in [4.69, 9.17) is 4.42 Å². The number of rotatable bonds is 3. The minimum Gasteiger partial charge on any atom is -0.451 e. The molecule has 2 heterocycles. The van der Waals surface area contributed by atoms with Crippen molar-refractivity contribution in [3.63, 3.8) is 0 Å². The Labute approximate surface area is 135 Å². The Morgan fingerprint density at radius 2 is 2.04 bits per heavy atom. The lowest BCUT2D eigenvalue weighted by Crippen LogP contribution is -2.36. The van der Waals surface area contributed by atoms with Crippen LogP contribution in [0.2, 0.25) is 0 Å². The molecule has 122 valence electrons. The molecule has 0 unspecified atom stereocenters. The highest BCUT2D eigenvalue weighted by Crippen LogP contribution is 2.25. The molecule has 0 radical (unpaired) electrons. The zero-order valence-corrected chi connectivity index (χ0v) is 13.8. The normalized spacial score (nSPS) is 21.3. The first-order valence-corrected chi connectivity index (χ1v) is 8.00. The fourth-order valence-electron chi connectivity index (χ4n) is 3.37. The van der Waals surface area contributed by atoms with Gasteiger partial charge in [-0.2, -0.15) is 0 Å². The van der Waals surface area contributed by atoms with Crippen LogP contribution in [0.3, 0.4) is 0 Å². The smallest absolute Gasteiger partial charge is 0.289 e. The SMILES string of the molecule is CC[C@H]1CN(C(=O)c2cc(=O)c3ccccc3o2)C[C@H]1N(C)C. The standard InChI is InChI=1S/C18H22N2O3/c1-4-12-10-20(11-14(12)19(2)3)18(22)17-9-15(21)13-7-5-6-8-16(13)23-17/h5-9,12,14H,4,10-11H2,1-3H3/t12-,14+/m0/s1. The summed E-state index contributed by atoms with van der Waals surface area (Å²) in [4.78, 5) is 28.9. The van der Waals surface area contributed by atoms with Crippen LogP contribution in [-0.4, -0.2) is 48.9 Å². The number of likely N-dealkylation sites (tertiary alicyclic amines) is 1. The molecule has 1 aromatic carbocycles. The molecule has 1 aliphatic rings. The van der Waals surface area contributed by atoms with Gasteiger partial charge in [0.25, 0.3) is 5.91 Å². The van der Waals surface area contributed by atoms with Crippen LogP contribution in [0.15, 0.2) is 39.5 Å². The van der Waals surface area contributed by atoms with Crippen LogP contribution in [-0.2, 0) is 0 Å². The molecular formula is C18H22N2O3. The van der Waals surface area contributed by atoms with E-state index in [-0.39, 0.29) is 17.1 Å². The number of para-hydroxylation sites is 1. The number of amides is 1. The molecule has 1 aliphatic heterocycles. The quantitative estimate of drug-likeness (QED) is 0.871. The number of hydrogen-bond donors (Lipinski definition) is 0.